The molecule has 2 aliphatic rings. The Balaban J connectivity index is 0.000000275. The highest BCUT2D eigenvalue weighted by Crippen LogP contribution is 2.41. The molecule has 2 aromatic rings. The third-order valence-electron chi connectivity index (χ3n) is 6.54. The lowest BCUT2D eigenvalue weighted by Crippen LogP contribution is -2.37. The number of rotatable bonds is 8. The Kier molecular flexibility index (Phi) is 14.8. The van der Waals surface area contributed by atoms with E-state index in [1.54, 1.807) is 42.3 Å². The summed E-state index contributed by atoms with van der Waals surface area (Å²) in [7, 11) is 0. The van der Waals surface area contributed by atoms with Crippen LogP contribution < -0.4 is 20.7 Å². The quantitative estimate of drug-likeness (QED) is 0.188. The number of benzene rings is 2. The number of carbonyl (C=O) groups excluding carboxylic acids is 2. The molecule has 1 aliphatic carbocycles. The van der Waals surface area contributed by atoms with Gasteiger partial charge in [-0.15, -0.1) is 0 Å². The first-order valence-electron chi connectivity index (χ1n) is 13.6. The van der Waals surface area contributed by atoms with E-state index in [0.717, 1.165) is 24.8 Å². The van der Waals surface area contributed by atoms with E-state index in [1.165, 1.54) is 12.8 Å². The van der Waals surface area contributed by atoms with Gasteiger partial charge < -0.3 is 16.0 Å². The van der Waals surface area contributed by atoms with Gasteiger partial charge in [0.1, 0.15) is 5.82 Å². The van der Waals surface area contributed by atoms with E-state index in [9.17, 15) is 14.0 Å². The number of hydrogen-bond donors (Lipinski definition) is 4. The second-order valence-corrected chi connectivity index (χ2v) is 13.2. The molecular weight excluding hydrogens is 570 g/mol. The Morgan fingerprint density at radius 3 is 2.10 bits per heavy atom. The third kappa shape index (κ3) is 11.6. The molecule has 4 rings (SSSR count). The lowest BCUT2D eigenvalue weighted by molar-refractivity contribution is -0.110. The first-order chi connectivity index (χ1) is 19.0. The van der Waals surface area contributed by atoms with Crippen LogP contribution in [0.25, 0.3) is 0 Å². The smallest absolute Gasteiger partial charge is 0.211 e. The van der Waals surface area contributed by atoms with Crippen LogP contribution >= 0.6 is 35.1 Å². The van der Waals surface area contributed by atoms with E-state index in [-0.39, 0.29) is 22.7 Å². The van der Waals surface area contributed by atoms with Crippen molar-refractivity contribution in [3.05, 3.63) is 63.4 Å². The number of hydrogen-bond acceptors (Lipinski definition) is 5. The van der Waals surface area contributed by atoms with Crippen molar-refractivity contribution >= 4 is 53.7 Å². The number of nitrogens with one attached hydrogen (secondary N) is 4. The summed E-state index contributed by atoms with van der Waals surface area (Å²) in [6.45, 7) is 10.1. The van der Waals surface area contributed by atoms with Crippen LogP contribution in [0.3, 0.4) is 0 Å². The highest BCUT2D eigenvalue weighted by Gasteiger charge is 2.33. The SMILES string of the molecule is CC(C)(C)C.CSNC1CCC(NC=O)CC1.O=CNc1cc(Cl)ccc1C1CNCC1c1cccc(Cl)c1F. The van der Waals surface area contributed by atoms with Crippen molar-refractivity contribution < 1.29 is 14.0 Å². The van der Waals surface area contributed by atoms with Crippen LogP contribution in [0.1, 0.15) is 76.3 Å². The zero-order valence-electron chi connectivity index (χ0n) is 24.0. The van der Waals surface area contributed by atoms with Gasteiger partial charge in [0.2, 0.25) is 12.8 Å². The Hall–Kier alpha value is -1.84. The molecule has 222 valence electrons. The normalized spacial score (nSPS) is 22.2. The minimum absolute atomic E-state index is 0.0164. The van der Waals surface area contributed by atoms with Gasteiger partial charge in [0.25, 0.3) is 0 Å². The monoisotopic (exact) mass is 612 g/mol. The van der Waals surface area contributed by atoms with Crippen molar-refractivity contribution in [1.82, 2.24) is 15.4 Å². The topological polar surface area (TPSA) is 82.3 Å². The average Bonchev–Trinajstić information content (AvgIpc) is 3.36. The maximum Gasteiger partial charge on any atom is 0.211 e. The van der Waals surface area contributed by atoms with Crippen molar-refractivity contribution in [1.29, 1.82) is 0 Å². The van der Waals surface area contributed by atoms with Gasteiger partial charge in [0.05, 0.1) is 5.02 Å². The number of halogens is 3. The van der Waals surface area contributed by atoms with Gasteiger partial charge in [-0.25, -0.2) is 4.39 Å². The molecule has 6 nitrogen and oxygen atoms in total. The maximum atomic E-state index is 14.4. The van der Waals surface area contributed by atoms with Gasteiger partial charge >= 0.3 is 0 Å². The van der Waals surface area contributed by atoms with Crippen molar-refractivity contribution in [3.8, 4) is 0 Å². The Labute approximate surface area is 253 Å². The van der Waals surface area contributed by atoms with Crippen molar-refractivity contribution in [2.45, 2.75) is 77.3 Å². The van der Waals surface area contributed by atoms with Crippen LogP contribution in [0, 0.1) is 11.2 Å². The van der Waals surface area contributed by atoms with Gasteiger partial charge in [0, 0.05) is 47.7 Å². The molecule has 0 bridgehead atoms. The number of amides is 2. The van der Waals surface area contributed by atoms with Crippen molar-refractivity contribution in [2.75, 3.05) is 24.7 Å². The molecule has 2 aromatic carbocycles. The second-order valence-electron chi connectivity index (χ2n) is 11.7. The third-order valence-corrected chi connectivity index (χ3v) is 7.64. The Morgan fingerprint density at radius 2 is 1.52 bits per heavy atom. The summed E-state index contributed by atoms with van der Waals surface area (Å²) in [6, 6.07) is 11.5. The molecule has 1 saturated carbocycles. The second kappa shape index (κ2) is 17.2. The fraction of sp³-hybridized carbons (Fsp3) is 0.533. The maximum absolute atomic E-state index is 14.4. The zero-order chi connectivity index (χ0) is 29.7. The molecule has 0 radical (unpaired) electrons. The highest BCUT2D eigenvalue weighted by molar-refractivity contribution is 7.96. The summed E-state index contributed by atoms with van der Waals surface area (Å²) in [6.07, 6.45) is 8.04. The largest absolute Gasteiger partial charge is 0.356 e. The fourth-order valence-corrected chi connectivity index (χ4v) is 5.74. The van der Waals surface area contributed by atoms with Gasteiger partial charge in [-0.3, -0.25) is 14.3 Å². The van der Waals surface area contributed by atoms with Crippen LogP contribution in [0.4, 0.5) is 10.1 Å². The van der Waals surface area contributed by atoms with Gasteiger partial charge in [-0.1, -0.05) is 81.0 Å². The van der Waals surface area contributed by atoms with Gasteiger partial charge in [-0.2, -0.15) is 0 Å². The van der Waals surface area contributed by atoms with E-state index in [4.69, 9.17) is 23.2 Å². The first kappa shape index (κ1) is 34.4. The molecule has 2 atom stereocenters. The molecule has 1 saturated heterocycles. The minimum atomic E-state index is -0.383. The van der Waals surface area contributed by atoms with E-state index >= 15 is 0 Å². The summed E-state index contributed by atoms with van der Waals surface area (Å²) in [4.78, 5) is 21.0. The molecule has 1 heterocycles. The lowest BCUT2D eigenvalue weighted by Gasteiger charge is -2.27. The van der Waals surface area contributed by atoms with E-state index in [0.29, 0.717) is 53.3 Å². The zero-order valence-corrected chi connectivity index (χ0v) is 26.4. The molecule has 40 heavy (non-hydrogen) atoms. The average molecular weight is 614 g/mol. The molecule has 1 aliphatic heterocycles. The standard InChI is InChI=1S/C17H15Cl2FN2O.C8H16N2OS.C5H12/c18-10-4-5-11(16(6-10)22-9-23)13-7-21-8-14(13)12-2-1-3-15(19)17(12)20;1-12-10-8-4-2-7(3-5-8)9-6-11;1-5(2,3)4/h1-6,9,13-14,21H,7-8H2,(H,22,23);6-8,10H,2-5H2,1H3,(H,9,11);1-4H3. The van der Waals surface area contributed by atoms with Crippen LogP contribution in [-0.2, 0) is 9.59 Å². The van der Waals surface area contributed by atoms with Gasteiger partial charge in [-0.05, 0) is 66.7 Å². The van der Waals surface area contributed by atoms with Crippen molar-refractivity contribution in [2.24, 2.45) is 5.41 Å². The van der Waals surface area contributed by atoms with Crippen LogP contribution in [0.2, 0.25) is 10.0 Å². The molecule has 4 N–H and O–H groups in total. The highest BCUT2D eigenvalue weighted by atomic mass is 35.5. The van der Waals surface area contributed by atoms with Crippen LogP contribution in [0.15, 0.2) is 36.4 Å². The Bertz CT molecular complexity index is 1070. The predicted molar refractivity (Wildman–Crippen MR) is 168 cm³/mol. The van der Waals surface area contributed by atoms with Crippen molar-refractivity contribution in [3.63, 3.8) is 0 Å². The van der Waals surface area contributed by atoms with Crippen LogP contribution in [-0.4, -0.2) is 44.2 Å². The summed E-state index contributed by atoms with van der Waals surface area (Å²) < 4.78 is 17.8. The molecule has 0 spiro atoms. The molecular formula is C30H43Cl2FN4O2S. The summed E-state index contributed by atoms with van der Waals surface area (Å²) in [5, 5.41) is 9.46. The van der Waals surface area contributed by atoms with Crippen LogP contribution in [0.5, 0.6) is 0 Å². The molecule has 2 unspecified atom stereocenters. The lowest BCUT2D eigenvalue weighted by atomic mass is 9.83. The summed E-state index contributed by atoms with van der Waals surface area (Å²) >= 11 is 13.6. The van der Waals surface area contributed by atoms with E-state index in [1.807, 2.05) is 6.07 Å². The summed E-state index contributed by atoms with van der Waals surface area (Å²) in [5.74, 6) is -0.434. The molecule has 10 heteroatoms. The van der Waals surface area contributed by atoms with Gasteiger partial charge in [0.15, 0.2) is 0 Å². The molecule has 2 fully saturated rings. The number of carbonyl (C=O) groups is 2. The fourth-order valence-electron chi connectivity index (χ4n) is 4.82. The summed E-state index contributed by atoms with van der Waals surface area (Å²) in [5.41, 5.74) is 2.66. The molecule has 2 amide bonds. The number of anilines is 1. The van der Waals surface area contributed by atoms with E-state index in [2.05, 4.69) is 54.6 Å². The Morgan fingerprint density at radius 1 is 0.925 bits per heavy atom. The van der Waals surface area contributed by atoms with E-state index < -0.39 is 0 Å². The molecule has 0 aromatic heterocycles. The first-order valence-corrected chi connectivity index (χ1v) is 15.6. The minimum Gasteiger partial charge on any atom is -0.356 e. The predicted octanol–water partition coefficient (Wildman–Crippen LogP) is 7.14.